The third-order valence-corrected chi connectivity index (χ3v) is 2.06. The zero-order chi connectivity index (χ0) is 10.4. The summed E-state index contributed by atoms with van der Waals surface area (Å²) >= 11 is 2.51. The molecular weight excluding hydrogens is 253 g/mol. The molecule has 0 nitrogen and oxygen atoms in total. The van der Waals surface area contributed by atoms with Crippen molar-refractivity contribution in [3.63, 3.8) is 0 Å². The molecule has 74 valence electrons. The van der Waals surface area contributed by atoms with Gasteiger partial charge in [0.1, 0.15) is 0 Å². The van der Waals surface area contributed by atoms with Gasteiger partial charge in [0.2, 0.25) is 0 Å². The van der Waals surface area contributed by atoms with Crippen molar-refractivity contribution in [2.45, 2.75) is 45.4 Å². The van der Waals surface area contributed by atoms with Crippen molar-refractivity contribution in [2.75, 3.05) is 6.26 Å². The summed E-state index contributed by atoms with van der Waals surface area (Å²) in [6, 6.07) is 0. The molecule has 0 heterocycles. The Labute approximate surface area is 102 Å². The molecule has 3 heteroatoms. The van der Waals surface area contributed by atoms with Crippen molar-refractivity contribution in [3.8, 4) is 0 Å². The molecule has 0 aromatic carbocycles. The number of hydrogen-bond acceptors (Lipinski definition) is 1. The molecule has 0 aliphatic rings. The Hall–Kier alpha value is 1.00. The van der Waals surface area contributed by atoms with E-state index >= 15 is 0 Å². The third-order valence-electron chi connectivity index (χ3n) is 1.65. The summed E-state index contributed by atoms with van der Waals surface area (Å²) in [6.45, 7) is 2.25. The molecule has 0 atom stereocenters. The van der Waals surface area contributed by atoms with Crippen LogP contribution in [0.2, 0.25) is 0 Å². The zero-order valence-electron chi connectivity index (χ0n) is 8.81. The van der Waals surface area contributed by atoms with E-state index in [1.165, 1.54) is 38.5 Å². The van der Waals surface area contributed by atoms with Gasteiger partial charge in [-0.05, 0) is 6.26 Å². The molecule has 0 amide bonds. The van der Waals surface area contributed by atoms with E-state index in [-0.39, 0.29) is 0 Å². The quantitative estimate of drug-likeness (QED) is 0.367. The molecule has 0 spiro atoms. The number of allylic oxidation sites excluding steroid dienone is 1. The van der Waals surface area contributed by atoms with Gasteiger partial charge in [-0.1, -0.05) is 45.4 Å². The zero-order valence-corrected chi connectivity index (χ0v) is 13.4. The normalized spacial score (nSPS) is 9.92. The topological polar surface area (TPSA) is 0 Å². The van der Waals surface area contributed by atoms with Gasteiger partial charge in [0.05, 0.1) is 0 Å². The molecule has 0 aliphatic heterocycles. The van der Waals surface area contributed by atoms with E-state index < -0.39 is 0 Å². The van der Waals surface area contributed by atoms with Gasteiger partial charge in [-0.15, -0.1) is 0 Å². The van der Waals surface area contributed by atoms with Crippen LogP contribution >= 0.6 is 21.5 Å². The second kappa shape index (κ2) is 18.7. The molecule has 0 radical (unpaired) electrons. The summed E-state index contributed by atoms with van der Waals surface area (Å²) in [5.41, 5.74) is 0. The second-order valence-electron chi connectivity index (χ2n) is 2.73. The summed E-state index contributed by atoms with van der Waals surface area (Å²) in [5, 5.41) is 3.13. The minimum absolute atomic E-state index is 0.847. The molecule has 0 bridgehead atoms. The number of rotatable bonds is 7. The fourth-order valence-corrected chi connectivity index (χ4v) is 1.28. The van der Waals surface area contributed by atoms with Crippen LogP contribution in [0.15, 0.2) is 6.08 Å². The van der Waals surface area contributed by atoms with Gasteiger partial charge in [-0.25, -0.2) is 0 Å². The van der Waals surface area contributed by atoms with Crippen LogP contribution in [0.1, 0.15) is 45.4 Å². The predicted molar refractivity (Wildman–Crippen MR) is 60.6 cm³/mol. The van der Waals surface area contributed by atoms with Crippen LogP contribution < -0.4 is 0 Å². The van der Waals surface area contributed by atoms with E-state index in [2.05, 4.69) is 18.4 Å². The Morgan fingerprint density at radius 3 is 2.38 bits per heavy atom. The first-order valence-corrected chi connectivity index (χ1v) is 9.91. The minimum atomic E-state index is 0.847. The molecule has 0 saturated heterocycles. The number of halogens is 1. The van der Waals surface area contributed by atoms with Gasteiger partial charge in [-0.3, -0.25) is 6.08 Å². The van der Waals surface area contributed by atoms with Gasteiger partial charge in [-0.2, -0.15) is 0 Å². The maximum atomic E-state index is 4.76. The first-order valence-electron chi connectivity index (χ1n) is 4.78. The number of unbranched alkanes of at least 4 members (excludes halogenated alkanes) is 5. The molecule has 0 fully saturated rings. The predicted octanol–water partition coefficient (Wildman–Crippen LogP) is 4.71. The van der Waals surface area contributed by atoms with E-state index in [1.807, 2.05) is 6.26 Å². The van der Waals surface area contributed by atoms with Crippen molar-refractivity contribution in [3.05, 3.63) is 11.5 Å². The molecule has 0 aromatic heterocycles. The van der Waals surface area contributed by atoms with Crippen molar-refractivity contribution in [1.82, 2.24) is 0 Å². The van der Waals surface area contributed by atoms with Gasteiger partial charge in [0.25, 0.3) is 0 Å². The van der Waals surface area contributed by atoms with Gasteiger partial charge >= 0.3 is 27.0 Å². The standard InChI is InChI=1S/C10H19S.ClH.Zn/c1-3-4-5-6-7-8-9-10-11-2;;/h9H,3-8H2,1-2H3;1H;/q-1;;+2/p-1. The summed E-state index contributed by atoms with van der Waals surface area (Å²) in [7, 11) is 4.76. The Morgan fingerprint density at radius 2 is 1.85 bits per heavy atom. The number of thioether (sulfide) groups is 1. The molecule has 0 saturated carbocycles. The van der Waals surface area contributed by atoms with Crippen LogP contribution in [0, 0.1) is 5.41 Å². The van der Waals surface area contributed by atoms with Crippen LogP contribution in [-0.2, 0) is 17.3 Å². The summed E-state index contributed by atoms with van der Waals surface area (Å²) in [6.07, 6.45) is 12.3. The molecular formula is C10H19ClSZn. The van der Waals surface area contributed by atoms with Crippen molar-refractivity contribution >= 4 is 21.5 Å². The van der Waals surface area contributed by atoms with Crippen molar-refractivity contribution in [1.29, 1.82) is 0 Å². The van der Waals surface area contributed by atoms with Gasteiger partial charge in [0, 0.05) is 0 Å². The van der Waals surface area contributed by atoms with Crippen LogP contribution in [0.3, 0.4) is 0 Å². The Bertz CT molecular complexity index is 96.9. The van der Waals surface area contributed by atoms with E-state index in [9.17, 15) is 0 Å². The summed E-state index contributed by atoms with van der Waals surface area (Å²) < 4.78 is 0. The van der Waals surface area contributed by atoms with Gasteiger partial charge in [0.15, 0.2) is 0 Å². The molecule has 0 N–H and O–H groups in total. The average molecular weight is 272 g/mol. The summed E-state index contributed by atoms with van der Waals surface area (Å²) in [5.74, 6) is 0. The molecule has 0 aliphatic carbocycles. The van der Waals surface area contributed by atoms with Crippen LogP contribution in [-0.4, -0.2) is 6.26 Å². The third kappa shape index (κ3) is 19.4. The molecule has 0 aromatic rings. The Kier molecular flexibility index (Phi) is 23.7. The maximum absolute atomic E-state index is 4.76. The average Bonchev–Trinajstić information content (AvgIpc) is 2.20. The van der Waals surface area contributed by atoms with Crippen molar-refractivity contribution < 1.29 is 17.3 Å². The second-order valence-corrected chi connectivity index (χ2v) is 3.37. The summed E-state index contributed by atoms with van der Waals surface area (Å²) in [4.78, 5) is 0. The fraction of sp³-hybridized carbons (Fsp3) is 0.800. The number of hydrogen-bond donors (Lipinski definition) is 0. The van der Waals surface area contributed by atoms with E-state index in [0.29, 0.717) is 0 Å². The fourth-order valence-electron chi connectivity index (χ4n) is 0.992. The van der Waals surface area contributed by atoms with E-state index in [0.717, 1.165) is 17.3 Å². The van der Waals surface area contributed by atoms with E-state index in [1.54, 1.807) is 11.8 Å². The Morgan fingerprint density at radius 1 is 1.23 bits per heavy atom. The SMILES string of the molecule is CCCCCCCC=[C-]SC.[Cl][Zn+]. The van der Waals surface area contributed by atoms with Crippen LogP contribution in [0.25, 0.3) is 0 Å². The monoisotopic (exact) mass is 270 g/mol. The van der Waals surface area contributed by atoms with Crippen LogP contribution in [0.4, 0.5) is 0 Å². The molecule has 13 heavy (non-hydrogen) atoms. The van der Waals surface area contributed by atoms with Crippen molar-refractivity contribution in [2.24, 2.45) is 0 Å². The van der Waals surface area contributed by atoms with Gasteiger partial charge < -0.3 is 17.2 Å². The molecule has 0 rings (SSSR count). The first kappa shape index (κ1) is 16.4. The first-order chi connectivity index (χ1) is 6.41. The van der Waals surface area contributed by atoms with E-state index in [4.69, 9.17) is 9.69 Å². The molecule has 0 unspecified atom stereocenters. The van der Waals surface area contributed by atoms with Crippen LogP contribution in [0.5, 0.6) is 0 Å². The Balaban J connectivity index is 0.